The number of anilines is 1. The predicted molar refractivity (Wildman–Crippen MR) is 171 cm³/mol. The van der Waals surface area contributed by atoms with Crippen molar-refractivity contribution in [2.24, 2.45) is 13.0 Å². The van der Waals surface area contributed by atoms with Crippen LogP contribution in [0.15, 0.2) is 42.9 Å². The van der Waals surface area contributed by atoms with Crippen molar-refractivity contribution in [2.45, 2.75) is 64.3 Å². The number of hydrogen-bond acceptors (Lipinski definition) is 8. The van der Waals surface area contributed by atoms with Gasteiger partial charge in [-0.1, -0.05) is 26.8 Å². The van der Waals surface area contributed by atoms with Crippen molar-refractivity contribution in [2.75, 3.05) is 25.0 Å². The summed E-state index contributed by atoms with van der Waals surface area (Å²) in [7, 11) is 1.85. The van der Waals surface area contributed by atoms with Crippen molar-refractivity contribution in [3.63, 3.8) is 0 Å². The number of likely N-dealkylation sites (tertiary alicyclic amines) is 1. The fourth-order valence-electron chi connectivity index (χ4n) is 6.60. The molecule has 1 aromatic carbocycles. The van der Waals surface area contributed by atoms with Gasteiger partial charge in [0.1, 0.15) is 24.0 Å². The quantitative estimate of drug-likeness (QED) is 0.280. The van der Waals surface area contributed by atoms with Crippen LogP contribution in [0.1, 0.15) is 85.1 Å². The Morgan fingerprint density at radius 3 is 2.76 bits per heavy atom. The Hall–Kier alpha value is -4.62. The lowest BCUT2D eigenvalue weighted by Crippen LogP contribution is -2.33. The van der Waals surface area contributed by atoms with Gasteiger partial charge in [0.25, 0.3) is 5.91 Å². The van der Waals surface area contributed by atoms with Crippen LogP contribution < -0.4 is 10.1 Å². The van der Waals surface area contributed by atoms with Gasteiger partial charge in [0.15, 0.2) is 5.82 Å². The second-order valence-corrected chi connectivity index (χ2v) is 13.6. The molecule has 2 aliphatic heterocycles. The van der Waals surface area contributed by atoms with Crippen LogP contribution in [0.25, 0.3) is 22.6 Å². The minimum Gasteiger partial charge on any atom is -0.492 e. The third-order valence-corrected chi connectivity index (χ3v) is 9.17. The molecule has 3 aromatic heterocycles. The van der Waals surface area contributed by atoms with Gasteiger partial charge < -0.3 is 14.6 Å². The molecule has 1 amide bonds. The number of aryl methyl sites for hydroxylation is 1. The zero-order valence-electron chi connectivity index (χ0n) is 26.3. The van der Waals surface area contributed by atoms with E-state index in [0.29, 0.717) is 58.2 Å². The summed E-state index contributed by atoms with van der Waals surface area (Å²) >= 11 is 0. The molecule has 4 aromatic rings. The Kier molecular flexibility index (Phi) is 7.37. The van der Waals surface area contributed by atoms with Gasteiger partial charge in [-0.2, -0.15) is 5.26 Å². The Morgan fingerprint density at radius 1 is 1.18 bits per heavy atom. The lowest BCUT2D eigenvalue weighted by Gasteiger charge is -2.31. The number of nitrogens with zero attached hydrogens (tertiary/aromatic N) is 7. The first-order valence-electron chi connectivity index (χ1n) is 15.8. The molecule has 0 bridgehead atoms. The van der Waals surface area contributed by atoms with Crippen molar-refractivity contribution < 1.29 is 9.53 Å². The molecule has 0 radical (unpaired) electrons. The normalized spacial score (nSPS) is 19.0. The van der Waals surface area contributed by atoms with Crippen molar-refractivity contribution in [1.82, 2.24) is 29.6 Å². The van der Waals surface area contributed by atoms with Crippen LogP contribution in [0.5, 0.6) is 5.75 Å². The fourth-order valence-corrected chi connectivity index (χ4v) is 6.60. The summed E-state index contributed by atoms with van der Waals surface area (Å²) in [4.78, 5) is 26.1. The van der Waals surface area contributed by atoms with Crippen molar-refractivity contribution in [3.05, 3.63) is 70.8 Å². The molecule has 1 atom stereocenters. The number of nitrogens with one attached hydrogen (secondary N) is 1. The summed E-state index contributed by atoms with van der Waals surface area (Å²) in [6.07, 6.45) is 7.74. The van der Waals surface area contributed by atoms with E-state index in [4.69, 9.17) is 9.72 Å². The molecule has 7 rings (SSSR count). The van der Waals surface area contributed by atoms with E-state index in [-0.39, 0.29) is 11.3 Å². The van der Waals surface area contributed by atoms with E-state index in [1.165, 1.54) is 12.8 Å². The molecular formula is C35H38N8O2. The van der Waals surface area contributed by atoms with Crippen molar-refractivity contribution in [1.29, 1.82) is 5.26 Å². The number of carbonyl (C=O) groups is 1. The zero-order chi connectivity index (χ0) is 31.3. The number of carbonyl (C=O) groups excluding carboxylic acids is 1. The second-order valence-electron chi connectivity index (χ2n) is 13.6. The van der Waals surface area contributed by atoms with Gasteiger partial charge in [0.05, 0.1) is 23.4 Å². The standard InChI is InChI=1S/C35H38N8O2/c1-21-6-5-9-43(17-21)18-22-10-27(32-28(12-22)35(2,3)19-45-32)34(44)40-30-14-25(13-29(39-30)24-7-8-24)31-26(11-23(15-36)16-37-31)33-41-38-20-42(33)4/h10-14,16,20-21,24H,5-9,17-19H2,1-4H3,(H,39,40,44)/t21-/m0/s1. The summed E-state index contributed by atoms with van der Waals surface area (Å²) in [6.45, 7) is 10.1. The van der Waals surface area contributed by atoms with Gasteiger partial charge in [-0.3, -0.25) is 14.7 Å². The molecule has 1 aliphatic carbocycles. The lowest BCUT2D eigenvalue weighted by atomic mass is 9.84. The van der Waals surface area contributed by atoms with E-state index in [1.807, 2.05) is 25.2 Å². The number of aromatic nitrogens is 5. The van der Waals surface area contributed by atoms with Gasteiger partial charge in [0.2, 0.25) is 0 Å². The maximum atomic E-state index is 14.1. The SMILES string of the molecule is C[C@H]1CCCN(Cc2cc(C(=O)Nc3cc(-c4ncc(C#N)cc4-c4nncn4C)cc(C4CC4)n3)c3c(c2)C(C)(C)CO3)C1. The monoisotopic (exact) mass is 602 g/mol. The smallest absolute Gasteiger partial charge is 0.260 e. The number of ether oxygens (including phenoxy) is 1. The van der Waals surface area contributed by atoms with E-state index in [9.17, 15) is 10.1 Å². The highest BCUT2D eigenvalue weighted by Crippen LogP contribution is 2.43. The first-order chi connectivity index (χ1) is 21.7. The highest BCUT2D eigenvalue weighted by atomic mass is 16.5. The van der Waals surface area contributed by atoms with Crippen LogP contribution in [0, 0.1) is 17.2 Å². The van der Waals surface area contributed by atoms with E-state index in [1.54, 1.807) is 23.2 Å². The Bertz CT molecular complexity index is 1830. The number of benzene rings is 1. The molecule has 1 saturated heterocycles. The summed E-state index contributed by atoms with van der Waals surface area (Å²) in [5.41, 5.74) is 6.01. The molecule has 0 spiro atoms. The van der Waals surface area contributed by atoms with E-state index in [2.05, 4.69) is 58.3 Å². The molecule has 0 unspecified atom stereocenters. The van der Waals surface area contributed by atoms with Gasteiger partial charge in [0, 0.05) is 60.1 Å². The van der Waals surface area contributed by atoms with E-state index in [0.717, 1.165) is 54.9 Å². The van der Waals surface area contributed by atoms with E-state index < -0.39 is 0 Å². The second kappa shape index (κ2) is 11.4. The number of fused-ring (bicyclic) bond motifs is 1. The first-order valence-corrected chi connectivity index (χ1v) is 15.8. The highest BCUT2D eigenvalue weighted by molar-refractivity contribution is 6.06. The Labute approximate surface area is 263 Å². The zero-order valence-corrected chi connectivity index (χ0v) is 26.3. The van der Waals surface area contributed by atoms with E-state index >= 15 is 0 Å². The largest absolute Gasteiger partial charge is 0.492 e. The Balaban J connectivity index is 1.26. The van der Waals surface area contributed by atoms with Gasteiger partial charge in [-0.25, -0.2) is 4.98 Å². The third-order valence-electron chi connectivity index (χ3n) is 9.17. The summed E-state index contributed by atoms with van der Waals surface area (Å²) in [5, 5.41) is 21.0. The Morgan fingerprint density at radius 2 is 2.02 bits per heavy atom. The average molecular weight is 603 g/mol. The average Bonchev–Trinajstić information content (AvgIpc) is 3.72. The van der Waals surface area contributed by atoms with Crippen LogP contribution in [-0.4, -0.2) is 55.2 Å². The van der Waals surface area contributed by atoms with Crippen LogP contribution in [0.2, 0.25) is 0 Å². The van der Waals surface area contributed by atoms with Crippen LogP contribution in [-0.2, 0) is 19.0 Å². The first kappa shape index (κ1) is 29.1. The molecule has 10 heteroatoms. The molecule has 1 N–H and O–H groups in total. The maximum Gasteiger partial charge on any atom is 0.260 e. The number of rotatable bonds is 7. The van der Waals surface area contributed by atoms with Crippen LogP contribution in [0.4, 0.5) is 5.82 Å². The summed E-state index contributed by atoms with van der Waals surface area (Å²) in [5.74, 6) is 2.47. The number of piperidine rings is 1. The molecular weight excluding hydrogens is 564 g/mol. The minimum atomic E-state index is -0.245. The summed E-state index contributed by atoms with van der Waals surface area (Å²) < 4.78 is 7.97. The van der Waals surface area contributed by atoms with Crippen molar-refractivity contribution in [3.8, 4) is 34.5 Å². The molecule has 2 fully saturated rings. The molecule has 230 valence electrons. The lowest BCUT2D eigenvalue weighted by molar-refractivity contribution is 0.102. The number of hydrogen-bond donors (Lipinski definition) is 1. The van der Waals surface area contributed by atoms with Gasteiger partial charge in [-0.15, -0.1) is 10.2 Å². The van der Waals surface area contributed by atoms with Gasteiger partial charge >= 0.3 is 0 Å². The molecule has 10 nitrogen and oxygen atoms in total. The van der Waals surface area contributed by atoms with Crippen LogP contribution in [0.3, 0.4) is 0 Å². The molecule has 45 heavy (non-hydrogen) atoms. The molecule has 5 heterocycles. The number of nitriles is 1. The van der Waals surface area contributed by atoms with Crippen LogP contribution >= 0.6 is 0 Å². The highest BCUT2D eigenvalue weighted by Gasteiger charge is 2.36. The van der Waals surface area contributed by atoms with Gasteiger partial charge in [-0.05, 0) is 68.0 Å². The third kappa shape index (κ3) is 5.80. The number of pyridine rings is 2. The molecule has 1 saturated carbocycles. The van der Waals surface area contributed by atoms with Crippen molar-refractivity contribution >= 4 is 11.7 Å². The fraction of sp³-hybridized carbons (Fsp3) is 0.429. The number of amides is 1. The predicted octanol–water partition coefficient (Wildman–Crippen LogP) is 5.84. The summed E-state index contributed by atoms with van der Waals surface area (Å²) in [6, 6.07) is 12.1. The minimum absolute atomic E-state index is 0.190. The maximum absolute atomic E-state index is 14.1. The topological polar surface area (TPSA) is 122 Å². The molecule has 3 aliphatic rings.